The second-order valence-corrected chi connectivity index (χ2v) is 5.65. The van der Waals surface area contributed by atoms with Crippen LogP contribution in [0.15, 0.2) is 35.1 Å². The Morgan fingerprint density at radius 2 is 1.96 bits per heavy atom. The third-order valence-corrected chi connectivity index (χ3v) is 3.71. The first-order valence-electron chi connectivity index (χ1n) is 7.53. The van der Waals surface area contributed by atoms with E-state index < -0.39 is 11.6 Å². The molecule has 3 N–H and O–H groups in total. The van der Waals surface area contributed by atoms with Crippen LogP contribution in [0, 0.1) is 13.8 Å². The van der Waals surface area contributed by atoms with Crippen LogP contribution in [-0.4, -0.2) is 30.9 Å². The van der Waals surface area contributed by atoms with Gasteiger partial charge in [0, 0.05) is 5.69 Å². The maximum absolute atomic E-state index is 12.0. The fraction of sp³-hybridized carbons (Fsp3) is 0.250. The second-order valence-electron chi connectivity index (χ2n) is 5.65. The number of rotatable bonds is 4. The fourth-order valence-corrected chi connectivity index (χ4v) is 2.52. The van der Waals surface area contributed by atoms with E-state index in [2.05, 4.69) is 25.6 Å². The van der Waals surface area contributed by atoms with Gasteiger partial charge in [-0.1, -0.05) is 12.1 Å². The van der Waals surface area contributed by atoms with Gasteiger partial charge in [0.1, 0.15) is 0 Å². The number of H-pyrrole nitrogens is 2. The van der Waals surface area contributed by atoms with E-state index in [1.54, 1.807) is 0 Å². The highest BCUT2D eigenvalue weighted by atomic mass is 16.2. The van der Waals surface area contributed by atoms with Crippen molar-refractivity contribution >= 4 is 5.91 Å². The Hall–Kier alpha value is -3.16. The molecule has 0 aliphatic carbocycles. The lowest BCUT2D eigenvalue weighted by atomic mass is 10.1. The maximum atomic E-state index is 12.0. The molecule has 8 nitrogen and oxygen atoms in total. The third-order valence-electron chi connectivity index (χ3n) is 3.71. The molecule has 124 valence electrons. The monoisotopic (exact) mass is 326 g/mol. The number of benzene rings is 1. The average molecular weight is 326 g/mol. The van der Waals surface area contributed by atoms with Crippen molar-refractivity contribution in [2.45, 2.75) is 26.8 Å². The van der Waals surface area contributed by atoms with Crippen LogP contribution in [-0.2, 0) is 0 Å². The zero-order valence-corrected chi connectivity index (χ0v) is 13.6. The molecule has 1 aromatic carbocycles. The molecule has 0 fully saturated rings. The molecule has 0 aliphatic heterocycles. The van der Waals surface area contributed by atoms with E-state index in [-0.39, 0.29) is 11.9 Å². The molecular weight excluding hydrogens is 308 g/mol. The minimum absolute atomic E-state index is 0.0360. The summed E-state index contributed by atoms with van der Waals surface area (Å²) in [4.78, 5) is 25.3. The fourth-order valence-electron chi connectivity index (χ4n) is 2.52. The summed E-state index contributed by atoms with van der Waals surface area (Å²) < 4.78 is 1.87. The lowest BCUT2D eigenvalue weighted by molar-refractivity contribution is 0.0929. The number of carbonyl (C=O) groups is 1. The molecule has 0 radical (unpaired) electrons. The highest BCUT2D eigenvalue weighted by molar-refractivity contribution is 5.90. The molecule has 2 aromatic heterocycles. The average Bonchev–Trinajstić information content (AvgIpc) is 3.13. The van der Waals surface area contributed by atoms with Crippen molar-refractivity contribution < 1.29 is 4.79 Å². The third kappa shape index (κ3) is 3.12. The molecule has 24 heavy (non-hydrogen) atoms. The summed E-state index contributed by atoms with van der Waals surface area (Å²) >= 11 is 0. The van der Waals surface area contributed by atoms with Crippen LogP contribution < -0.4 is 11.0 Å². The van der Waals surface area contributed by atoms with Crippen molar-refractivity contribution in [3.8, 4) is 5.69 Å². The molecule has 0 spiro atoms. The number of aryl methyl sites for hydroxylation is 2. The number of nitrogens with zero attached hydrogens (tertiary/aromatic N) is 3. The number of aromatic nitrogens is 5. The zero-order valence-electron chi connectivity index (χ0n) is 13.6. The summed E-state index contributed by atoms with van der Waals surface area (Å²) in [5, 5.41) is 13.0. The van der Waals surface area contributed by atoms with Gasteiger partial charge in [-0.2, -0.15) is 5.10 Å². The molecule has 3 aromatic rings. The molecule has 0 bridgehead atoms. The quantitative estimate of drug-likeness (QED) is 0.673. The molecule has 0 unspecified atom stereocenters. The Kier molecular flexibility index (Phi) is 4.03. The summed E-state index contributed by atoms with van der Waals surface area (Å²) in [6.45, 7) is 5.82. The van der Waals surface area contributed by atoms with E-state index >= 15 is 0 Å². The summed E-state index contributed by atoms with van der Waals surface area (Å²) in [7, 11) is 0. The maximum Gasteiger partial charge on any atom is 0.341 e. The van der Waals surface area contributed by atoms with E-state index in [1.807, 2.05) is 55.8 Å². The Bertz CT molecular complexity index is 919. The molecular formula is C16H18N6O2. The standard InChI is InChI=1S/C16H18N6O2/c1-9-8-10(2)22(21-9)13-6-4-12(5-7-13)11(3)17-15(23)14-18-16(24)20-19-14/h4-8,11H,1-3H3,(H,17,23)(H2,18,19,20,24)/t11-/m0/s1. The van der Waals surface area contributed by atoms with Crippen LogP contribution in [0.5, 0.6) is 0 Å². The van der Waals surface area contributed by atoms with Gasteiger partial charge >= 0.3 is 5.69 Å². The van der Waals surface area contributed by atoms with E-state index in [1.165, 1.54) is 0 Å². The molecule has 1 amide bonds. The van der Waals surface area contributed by atoms with Crippen molar-refractivity contribution in [1.82, 2.24) is 30.3 Å². The van der Waals surface area contributed by atoms with E-state index in [9.17, 15) is 9.59 Å². The van der Waals surface area contributed by atoms with Crippen molar-refractivity contribution in [1.29, 1.82) is 0 Å². The van der Waals surface area contributed by atoms with Gasteiger partial charge in [0.25, 0.3) is 5.91 Å². The number of hydrogen-bond donors (Lipinski definition) is 3. The molecule has 0 aliphatic rings. The molecule has 0 saturated heterocycles. The number of amides is 1. The van der Waals surface area contributed by atoms with Gasteiger partial charge in [-0.15, -0.1) is 5.10 Å². The SMILES string of the molecule is Cc1cc(C)n(-c2ccc([C@H](C)NC(=O)c3n[nH]c(=O)[nH]3)cc2)n1. The number of carbonyl (C=O) groups excluding carboxylic acids is 1. The van der Waals surface area contributed by atoms with Gasteiger partial charge < -0.3 is 5.32 Å². The van der Waals surface area contributed by atoms with Crippen LogP contribution >= 0.6 is 0 Å². The zero-order chi connectivity index (χ0) is 17.3. The predicted octanol–water partition coefficient (Wildman–Crippen LogP) is 1.39. The lowest BCUT2D eigenvalue weighted by Crippen LogP contribution is -2.28. The minimum Gasteiger partial charge on any atom is -0.343 e. The lowest BCUT2D eigenvalue weighted by Gasteiger charge is -2.14. The predicted molar refractivity (Wildman–Crippen MR) is 88.1 cm³/mol. The first-order chi connectivity index (χ1) is 11.4. The van der Waals surface area contributed by atoms with Crippen LogP contribution in [0.2, 0.25) is 0 Å². The van der Waals surface area contributed by atoms with E-state index in [4.69, 9.17) is 0 Å². The summed E-state index contributed by atoms with van der Waals surface area (Å²) in [6, 6.07) is 9.56. The Morgan fingerprint density at radius 3 is 2.50 bits per heavy atom. The van der Waals surface area contributed by atoms with Gasteiger partial charge in [0.15, 0.2) is 0 Å². The van der Waals surface area contributed by atoms with Gasteiger partial charge in [0.2, 0.25) is 5.82 Å². The van der Waals surface area contributed by atoms with E-state index in [0.717, 1.165) is 22.6 Å². The normalized spacial score (nSPS) is 12.1. The Morgan fingerprint density at radius 1 is 1.25 bits per heavy atom. The minimum atomic E-state index is -0.512. The van der Waals surface area contributed by atoms with E-state index in [0.29, 0.717) is 0 Å². The Balaban J connectivity index is 1.74. The number of nitrogens with one attached hydrogen (secondary N) is 3. The smallest absolute Gasteiger partial charge is 0.341 e. The molecule has 8 heteroatoms. The summed E-state index contributed by atoms with van der Waals surface area (Å²) in [6.07, 6.45) is 0. The molecule has 2 heterocycles. The first kappa shape index (κ1) is 15.7. The highest BCUT2D eigenvalue weighted by Crippen LogP contribution is 2.17. The number of hydrogen-bond acceptors (Lipinski definition) is 4. The van der Waals surface area contributed by atoms with Crippen molar-refractivity contribution in [2.75, 3.05) is 0 Å². The topological polar surface area (TPSA) is 108 Å². The van der Waals surface area contributed by atoms with Crippen molar-refractivity contribution in [3.63, 3.8) is 0 Å². The Labute approximate surface area is 137 Å². The second kappa shape index (κ2) is 6.15. The van der Waals surface area contributed by atoms with Gasteiger partial charge in [-0.25, -0.2) is 14.6 Å². The molecule has 3 rings (SSSR count). The molecule has 1 atom stereocenters. The number of aromatic amines is 2. The van der Waals surface area contributed by atoms with Gasteiger partial charge in [0.05, 0.1) is 17.4 Å². The van der Waals surface area contributed by atoms with Crippen LogP contribution in [0.3, 0.4) is 0 Å². The van der Waals surface area contributed by atoms with Gasteiger partial charge in [-0.3, -0.25) is 9.78 Å². The van der Waals surface area contributed by atoms with Crippen LogP contribution in [0.25, 0.3) is 5.69 Å². The molecule has 0 saturated carbocycles. The van der Waals surface area contributed by atoms with Gasteiger partial charge in [-0.05, 0) is 44.5 Å². The highest BCUT2D eigenvalue weighted by Gasteiger charge is 2.14. The van der Waals surface area contributed by atoms with Crippen molar-refractivity contribution in [3.05, 3.63) is 63.6 Å². The van der Waals surface area contributed by atoms with Crippen LogP contribution in [0.4, 0.5) is 0 Å². The van der Waals surface area contributed by atoms with Crippen LogP contribution in [0.1, 0.15) is 40.5 Å². The summed E-state index contributed by atoms with van der Waals surface area (Å²) in [5.74, 6) is -0.477. The largest absolute Gasteiger partial charge is 0.343 e. The first-order valence-corrected chi connectivity index (χ1v) is 7.53. The summed E-state index contributed by atoms with van der Waals surface area (Å²) in [5.41, 5.74) is 3.40. The van der Waals surface area contributed by atoms with Crippen molar-refractivity contribution in [2.24, 2.45) is 0 Å².